The highest BCUT2D eigenvalue weighted by molar-refractivity contribution is 5.90. The predicted octanol–water partition coefficient (Wildman–Crippen LogP) is 2.76. The molecule has 4 rings (SSSR count). The molecule has 9 heteroatoms. The summed E-state index contributed by atoms with van der Waals surface area (Å²) >= 11 is 0. The highest BCUT2D eigenvalue weighted by atomic mass is 19.1. The number of nitrogens with one attached hydrogen (secondary N) is 2. The molecule has 2 heterocycles. The van der Waals surface area contributed by atoms with Gasteiger partial charge in [0.15, 0.2) is 0 Å². The molecule has 3 aromatic rings. The van der Waals surface area contributed by atoms with Crippen LogP contribution in [0.2, 0.25) is 0 Å². The van der Waals surface area contributed by atoms with Gasteiger partial charge in [0.2, 0.25) is 0 Å². The number of carbonyl (C=O) groups is 1. The Morgan fingerprint density at radius 1 is 1.21 bits per heavy atom. The second-order valence-corrected chi connectivity index (χ2v) is 7.17. The lowest BCUT2D eigenvalue weighted by molar-refractivity contribution is 0.250. The molecule has 0 saturated carbocycles. The van der Waals surface area contributed by atoms with E-state index in [1.807, 2.05) is 25.1 Å². The molecule has 0 bridgehead atoms. The summed E-state index contributed by atoms with van der Waals surface area (Å²) < 4.78 is 14.6. The molecule has 150 valence electrons. The summed E-state index contributed by atoms with van der Waals surface area (Å²) in [5.74, 6) is 0.113. The molecule has 1 fully saturated rings. The maximum absolute atomic E-state index is 13.1. The van der Waals surface area contributed by atoms with Crippen LogP contribution in [0, 0.1) is 18.7 Å². The smallest absolute Gasteiger partial charge is 0.319 e. The van der Waals surface area contributed by atoms with E-state index >= 15 is 0 Å². The van der Waals surface area contributed by atoms with E-state index in [1.165, 1.54) is 23.1 Å². The molecule has 0 spiro atoms. The van der Waals surface area contributed by atoms with Gasteiger partial charge in [0.25, 0.3) is 0 Å². The zero-order chi connectivity index (χ0) is 20.2. The molecule has 1 atom stereocenters. The molecule has 1 saturated heterocycles. The molecule has 8 nitrogen and oxygen atoms in total. The molecule has 1 aliphatic heterocycles. The largest absolute Gasteiger partial charge is 0.371 e. The van der Waals surface area contributed by atoms with Crippen LogP contribution >= 0.6 is 0 Å². The number of benzene rings is 2. The number of amides is 2. The first-order valence-electron chi connectivity index (χ1n) is 9.48. The number of urea groups is 1. The first-order chi connectivity index (χ1) is 14.1. The monoisotopic (exact) mass is 395 g/mol. The van der Waals surface area contributed by atoms with Crippen molar-refractivity contribution < 1.29 is 9.18 Å². The van der Waals surface area contributed by atoms with Crippen molar-refractivity contribution in [2.75, 3.05) is 29.9 Å². The second kappa shape index (κ2) is 8.26. The van der Waals surface area contributed by atoms with Crippen molar-refractivity contribution in [2.24, 2.45) is 5.92 Å². The van der Waals surface area contributed by atoms with Crippen LogP contribution in [-0.2, 0) is 0 Å². The van der Waals surface area contributed by atoms with Gasteiger partial charge >= 0.3 is 6.03 Å². The van der Waals surface area contributed by atoms with Crippen molar-refractivity contribution in [3.63, 3.8) is 0 Å². The molecule has 1 aromatic heterocycles. The van der Waals surface area contributed by atoms with Crippen molar-refractivity contribution in [3.05, 3.63) is 60.2 Å². The lowest BCUT2D eigenvalue weighted by atomic mass is 10.1. The third-order valence-corrected chi connectivity index (χ3v) is 5.11. The minimum atomic E-state index is -0.248. The Labute approximate surface area is 167 Å². The number of aryl methyl sites for hydroxylation is 1. The van der Waals surface area contributed by atoms with Gasteiger partial charge in [-0.05, 0) is 71.7 Å². The maximum Gasteiger partial charge on any atom is 0.319 e. The number of halogens is 1. The summed E-state index contributed by atoms with van der Waals surface area (Å²) in [5.41, 5.74) is 3.42. The summed E-state index contributed by atoms with van der Waals surface area (Å²) in [6.45, 7) is 4.23. The van der Waals surface area contributed by atoms with Crippen LogP contribution in [0.3, 0.4) is 0 Å². The van der Waals surface area contributed by atoms with Crippen LogP contribution in [0.15, 0.2) is 48.8 Å². The van der Waals surface area contributed by atoms with Crippen LogP contribution in [0.5, 0.6) is 0 Å². The van der Waals surface area contributed by atoms with Crippen molar-refractivity contribution >= 4 is 17.4 Å². The normalized spacial score (nSPS) is 16.1. The molecule has 1 unspecified atom stereocenters. The van der Waals surface area contributed by atoms with Gasteiger partial charge in [-0.1, -0.05) is 6.07 Å². The van der Waals surface area contributed by atoms with E-state index in [0.717, 1.165) is 36.4 Å². The highest BCUT2D eigenvalue weighted by Crippen LogP contribution is 2.24. The summed E-state index contributed by atoms with van der Waals surface area (Å²) in [6, 6.07) is 11.9. The molecular formula is C20H22FN7O. The van der Waals surface area contributed by atoms with E-state index in [4.69, 9.17) is 0 Å². The zero-order valence-electron chi connectivity index (χ0n) is 16.0. The van der Waals surface area contributed by atoms with E-state index < -0.39 is 0 Å². The fourth-order valence-corrected chi connectivity index (χ4v) is 3.46. The van der Waals surface area contributed by atoms with E-state index in [1.54, 1.807) is 12.1 Å². The second-order valence-electron chi connectivity index (χ2n) is 7.17. The van der Waals surface area contributed by atoms with Crippen LogP contribution in [0.25, 0.3) is 5.69 Å². The number of nitrogens with zero attached hydrogens (tertiary/aromatic N) is 5. The number of tetrazole rings is 1. The zero-order valence-corrected chi connectivity index (χ0v) is 16.0. The third kappa shape index (κ3) is 4.50. The van der Waals surface area contributed by atoms with Crippen LogP contribution in [0.1, 0.15) is 12.0 Å². The number of carbonyl (C=O) groups excluding carboxylic acids is 1. The SMILES string of the molecule is Cc1ccc(-n2cnnn2)cc1NC(=O)NCC1CCN(c2ccc(F)cc2)C1. The Morgan fingerprint density at radius 3 is 2.76 bits per heavy atom. The summed E-state index contributed by atoms with van der Waals surface area (Å²) in [4.78, 5) is 14.6. The van der Waals surface area contributed by atoms with Crippen molar-refractivity contribution in [1.82, 2.24) is 25.5 Å². The average Bonchev–Trinajstić information content (AvgIpc) is 3.41. The minimum absolute atomic E-state index is 0.234. The average molecular weight is 395 g/mol. The van der Waals surface area contributed by atoms with E-state index in [9.17, 15) is 9.18 Å². The third-order valence-electron chi connectivity index (χ3n) is 5.11. The number of hydrogen-bond acceptors (Lipinski definition) is 5. The quantitative estimate of drug-likeness (QED) is 0.694. The molecule has 0 radical (unpaired) electrons. The maximum atomic E-state index is 13.1. The van der Waals surface area contributed by atoms with Crippen molar-refractivity contribution in [3.8, 4) is 5.69 Å². The summed E-state index contributed by atoms with van der Waals surface area (Å²) in [7, 11) is 0. The molecule has 2 aromatic carbocycles. The Kier molecular flexibility index (Phi) is 5.37. The van der Waals surface area contributed by atoms with E-state index in [2.05, 4.69) is 31.1 Å². The fourth-order valence-electron chi connectivity index (χ4n) is 3.46. The topological polar surface area (TPSA) is 88.0 Å². The Morgan fingerprint density at radius 2 is 2.00 bits per heavy atom. The molecule has 29 heavy (non-hydrogen) atoms. The van der Waals surface area contributed by atoms with Gasteiger partial charge in [0, 0.05) is 31.0 Å². The predicted molar refractivity (Wildman–Crippen MR) is 108 cm³/mol. The van der Waals surface area contributed by atoms with Crippen molar-refractivity contribution in [2.45, 2.75) is 13.3 Å². The first kappa shape index (κ1) is 18.9. The van der Waals surface area contributed by atoms with Gasteiger partial charge < -0.3 is 15.5 Å². The molecule has 0 aliphatic carbocycles. The van der Waals surface area contributed by atoms with Crippen molar-refractivity contribution in [1.29, 1.82) is 0 Å². The van der Waals surface area contributed by atoms with Crippen LogP contribution < -0.4 is 15.5 Å². The molecule has 2 amide bonds. The molecule has 2 N–H and O–H groups in total. The van der Waals surface area contributed by atoms with E-state index in [0.29, 0.717) is 18.2 Å². The van der Waals surface area contributed by atoms with Crippen LogP contribution in [-0.4, -0.2) is 45.9 Å². The highest BCUT2D eigenvalue weighted by Gasteiger charge is 2.23. The number of hydrogen-bond donors (Lipinski definition) is 2. The Balaban J connectivity index is 1.30. The van der Waals surface area contributed by atoms with Crippen LogP contribution in [0.4, 0.5) is 20.6 Å². The van der Waals surface area contributed by atoms with Gasteiger partial charge in [-0.25, -0.2) is 13.9 Å². The lowest BCUT2D eigenvalue weighted by Crippen LogP contribution is -2.34. The lowest BCUT2D eigenvalue weighted by Gasteiger charge is -2.19. The standard InChI is InChI=1S/C20H22FN7O/c1-14-2-5-18(28-13-23-25-26-28)10-19(14)24-20(29)22-11-15-8-9-27(12-15)17-6-3-16(21)4-7-17/h2-7,10,13,15H,8-9,11-12H2,1H3,(H2,22,24,29). The van der Waals surface area contributed by atoms with E-state index in [-0.39, 0.29) is 11.8 Å². The molecule has 1 aliphatic rings. The summed E-state index contributed by atoms with van der Waals surface area (Å²) in [5, 5.41) is 17.0. The number of anilines is 2. The summed E-state index contributed by atoms with van der Waals surface area (Å²) in [6.07, 6.45) is 2.48. The first-order valence-corrected chi connectivity index (χ1v) is 9.48. The van der Waals surface area contributed by atoms with Gasteiger partial charge in [-0.3, -0.25) is 0 Å². The molecular weight excluding hydrogens is 373 g/mol. The number of rotatable bonds is 5. The van der Waals surface area contributed by atoms with Gasteiger partial charge in [0.05, 0.1) is 5.69 Å². The fraction of sp³-hybridized carbons (Fsp3) is 0.300. The van der Waals surface area contributed by atoms with Gasteiger partial charge in [-0.15, -0.1) is 5.10 Å². The number of aromatic nitrogens is 4. The Hall–Kier alpha value is -3.49. The Bertz CT molecular complexity index is 975. The van der Waals surface area contributed by atoms with Gasteiger partial charge in [-0.2, -0.15) is 0 Å². The minimum Gasteiger partial charge on any atom is -0.371 e. The van der Waals surface area contributed by atoms with Gasteiger partial charge in [0.1, 0.15) is 12.1 Å².